The highest BCUT2D eigenvalue weighted by Gasteiger charge is 2.05. The van der Waals surface area contributed by atoms with Crippen LogP contribution in [0.1, 0.15) is 5.56 Å². The number of nitrogens with zero attached hydrogens (tertiary/aromatic N) is 1. The SMILES string of the molecule is N#Cc1ccc(Nc2ccc(F)cc2N)c(Cl)c1. The van der Waals surface area contributed by atoms with E-state index >= 15 is 0 Å². The summed E-state index contributed by atoms with van der Waals surface area (Å²) in [4.78, 5) is 0. The lowest BCUT2D eigenvalue weighted by molar-refractivity contribution is 0.628. The molecule has 18 heavy (non-hydrogen) atoms. The molecule has 2 aromatic rings. The molecule has 0 unspecified atom stereocenters. The molecule has 0 aliphatic rings. The van der Waals surface area contributed by atoms with Gasteiger partial charge in [-0.3, -0.25) is 0 Å². The molecule has 2 aromatic carbocycles. The van der Waals surface area contributed by atoms with Crippen molar-refractivity contribution in [1.29, 1.82) is 5.26 Å². The summed E-state index contributed by atoms with van der Waals surface area (Å²) >= 11 is 6.01. The van der Waals surface area contributed by atoms with Crippen molar-refractivity contribution in [3.05, 3.63) is 52.8 Å². The Morgan fingerprint density at radius 2 is 1.89 bits per heavy atom. The van der Waals surface area contributed by atoms with Crippen molar-refractivity contribution in [3.63, 3.8) is 0 Å². The number of nitrogens with one attached hydrogen (secondary N) is 1. The van der Waals surface area contributed by atoms with E-state index in [4.69, 9.17) is 22.6 Å². The molecule has 90 valence electrons. The highest BCUT2D eigenvalue weighted by Crippen LogP contribution is 2.29. The first kappa shape index (κ1) is 12.2. The third kappa shape index (κ3) is 2.53. The number of nitrogen functional groups attached to an aromatic ring is 1. The first-order valence-electron chi connectivity index (χ1n) is 5.12. The van der Waals surface area contributed by atoms with Crippen molar-refractivity contribution in [1.82, 2.24) is 0 Å². The van der Waals surface area contributed by atoms with E-state index in [1.54, 1.807) is 18.2 Å². The van der Waals surface area contributed by atoms with Crippen molar-refractivity contribution in [3.8, 4) is 6.07 Å². The summed E-state index contributed by atoms with van der Waals surface area (Å²) in [6, 6.07) is 10.9. The van der Waals surface area contributed by atoms with Crippen LogP contribution in [0.25, 0.3) is 0 Å². The third-order valence-corrected chi connectivity index (χ3v) is 2.69. The first-order chi connectivity index (χ1) is 8.60. The zero-order chi connectivity index (χ0) is 13.1. The van der Waals surface area contributed by atoms with E-state index in [2.05, 4.69) is 5.32 Å². The average Bonchev–Trinajstić information content (AvgIpc) is 2.34. The van der Waals surface area contributed by atoms with Gasteiger partial charge >= 0.3 is 0 Å². The number of nitriles is 1. The summed E-state index contributed by atoms with van der Waals surface area (Å²) in [6.07, 6.45) is 0. The molecule has 0 aromatic heterocycles. The smallest absolute Gasteiger partial charge is 0.125 e. The number of hydrogen-bond acceptors (Lipinski definition) is 3. The molecule has 0 aliphatic heterocycles. The minimum atomic E-state index is -0.399. The van der Waals surface area contributed by atoms with E-state index < -0.39 is 5.82 Å². The van der Waals surface area contributed by atoms with Crippen LogP contribution in [0.2, 0.25) is 5.02 Å². The second-order valence-electron chi connectivity index (χ2n) is 3.66. The number of halogens is 2. The van der Waals surface area contributed by atoms with Crippen LogP contribution in [-0.4, -0.2) is 0 Å². The molecular formula is C13H9ClFN3. The lowest BCUT2D eigenvalue weighted by atomic mass is 10.2. The lowest BCUT2D eigenvalue weighted by Gasteiger charge is -2.10. The normalized spacial score (nSPS) is 9.83. The molecule has 0 spiro atoms. The van der Waals surface area contributed by atoms with Crippen molar-refractivity contribution in [2.24, 2.45) is 0 Å². The number of rotatable bonds is 2. The van der Waals surface area contributed by atoms with E-state index in [-0.39, 0.29) is 5.69 Å². The highest BCUT2D eigenvalue weighted by molar-refractivity contribution is 6.33. The van der Waals surface area contributed by atoms with Crippen molar-refractivity contribution >= 4 is 28.7 Å². The Bertz CT molecular complexity index is 635. The molecule has 0 saturated heterocycles. The largest absolute Gasteiger partial charge is 0.397 e. The summed E-state index contributed by atoms with van der Waals surface area (Å²) in [5, 5.41) is 12.1. The van der Waals surface area contributed by atoms with Gasteiger partial charge in [0.1, 0.15) is 5.82 Å². The Labute approximate surface area is 109 Å². The van der Waals surface area contributed by atoms with Gasteiger partial charge in [0.25, 0.3) is 0 Å². The fraction of sp³-hybridized carbons (Fsp3) is 0. The van der Waals surface area contributed by atoms with Crippen LogP contribution >= 0.6 is 11.6 Å². The maximum atomic E-state index is 12.9. The van der Waals surface area contributed by atoms with Crippen LogP contribution in [0.15, 0.2) is 36.4 Å². The van der Waals surface area contributed by atoms with Gasteiger partial charge in [-0.1, -0.05) is 11.6 Å². The molecule has 0 radical (unpaired) electrons. The summed E-state index contributed by atoms with van der Waals surface area (Å²) < 4.78 is 12.9. The molecule has 0 amide bonds. The van der Waals surface area contributed by atoms with Crippen LogP contribution in [0.4, 0.5) is 21.5 Å². The molecular weight excluding hydrogens is 253 g/mol. The minimum absolute atomic E-state index is 0.287. The van der Waals surface area contributed by atoms with Gasteiger partial charge in [-0.2, -0.15) is 5.26 Å². The van der Waals surface area contributed by atoms with Crippen LogP contribution in [0, 0.1) is 17.1 Å². The predicted molar refractivity (Wildman–Crippen MR) is 70.3 cm³/mol. The van der Waals surface area contributed by atoms with E-state index in [1.165, 1.54) is 18.2 Å². The first-order valence-corrected chi connectivity index (χ1v) is 5.49. The number of benzene rings is 2. The van der Waals surface area contributed by atoms with Crippen LogP contribution < -0.4 is 11.1 Å². The fourth-order valence-electron chi connectivity index (χ4n) is 1.48. The molecule has 0 fully saturated rings. The fourth-order valence-corrected chi connectivity index (χ4v) is 1.71. The van der Waals surface area contributed by atoms with Gasteiger partial charge in [0, 0.05) is 0 Å². The zero-order valence-electron chi connectivity index (χ0n) is 9.24. The van der Waals surface area contributed by atoms with Crippen molar-refractivity contribution < 1.29 is 4.39 Å². The van der Waals surface area contributed by atoms with Gasteiger partial charge in [-0.25, -0.2) is 4.39 Å². The van der Waals surface area contributed by atoms with E-state index in [9.17, 15) is 4.39 Å². The lowest BCUT2D eigenvalue weighted by Crippen LogP contribution is -1.97. The topological polar surface area (TPSA) is 61.8 Å². The summed E-state index contributed by atoms with van der Waals surface area (Å²) in [6.45, 7) is 0. The van der Waals surface area contributed by atoms with E-state index in [1.807, 2.05) is 6.07 Å². The summed E-state index contributed by atoms with van der Waals surface area (Å²) in [5.74, 6) is -0.399. The molecule has 0 bridgehead atoms. The van der Waals surface area contributed by atoms with Crippen LogP contribution in [-0.2, 0) is 0 Å². The second-order valence-corrected chi connectivity index (χ2v) is 4.07. The van der Waals surface area contributed by atoms with Gasteiger partial charge in [-0.15, -0.1) is 0 Å². The molecule has 0 saturated carbocycles. The average molecular weight is 262 g/mol. The molecule has 5 heteroatoms. The Morgan fingerprint density at radius 1 is 1.17 bits per heavy atom. The Balaban J connectivity index is 2.32. The summed E-state index contributed by atoms with van der Waals surface area (Å²) in [5.41, 5.74) is 7.60. The standard InChI is InChI=1S/C13H9ClFN3/c14-10-5-8(7-16)1-3-12(10)18-13-4-2-9(15)6-11(13)17/h1-6,18H,17H2. The number of anilines is 3. The molecule has 3 nitrogen and oxygen atoms in total. The van der Waals surface area contributed by atoms with Gasteiger partial charge in [-0.05, 0) is 36.4 Å². The quantitative estimate of drug-likeness (QED) is 0.811. The van der Waals surface area contributed by atoms with Crippen LogP contribution in [0.5, 0.6) is 0 Å². The van der Waals surface area contributed by atoms with E-state index in [0.29, 0.717) is 22.0 Å². The molecule has 0 aliphatic carbocycles. The Hall–Kier alpha value is -2.25. The Morgan fingerprint density at radius 3 is 2.50 bits per heavy atom. The summed E-state index contributed by atoms with van der Waals surface area (Å²) in [7, 11) is 0. The van der Waals surface area contributed by atoms with Gasteiger partial charge < -0.3 is 11.1 Å². The monoisotopic (exact) mass is 261 g/mol. The van der Waals surface area contributed by atoms with Crippen molar-refractivity contribution in [2.45, 2.75) is 0 Å². The molecule has 0 heterocycles. The second kappa shape index (κ2) is 4.94. The third-order valence-electron chi connectivity index (χ3n) is 2.38. The number of hydrogen-bond donors (Lipinski definition) is 2. The highest BCUT2D eigenvalue weighted by atomic mass is 35.5. The molecule has 2 rings (SSSR count). The molecule has 3 N–H and O–H groups in total. The van der Waals surface area contributed by atoms with Gasteiger partial charge in [0.2, 0.25) is 0 Å². The van der Waals surface area contributed by atoms with Crippen LogP contribution in [0.3, 0.4) is 0 Å². The zero-order valence-corrected chi connectivity index (χ0v) is 10.0. The van der Waals surface area contributed by atoms with Gasteiger partial charge in [0.05, 0.1) is 33.7 Å². The maximum Gasteiger partial charge on any atom is 0.125 e. The van der Waals surface area contributed by atoms with Crippen molar-refractivity contribution in [2.75, 3.05) is 11.1 Å². The van der Waals surface area contributed by atoms with Gasteiger partial charge in [0.15, 0.2) is 0 Å². The predicted octanol–water partition coefficient (Wildman–Crippen LogP) is 3.68. The van der Waals surface area contributed by atoms with E-state index in [0.717, 1.165) is 0 Å². The number of nitrogens with two attached hydrogens (primary N) is 1. The Kier molecular flexibility index (Phi) is 3.35. The minimum Gasteiger partial charge on any atom is -0.397 e. The molecule has 0 atom stereocenters. The maximum absolute atomic E-state index is 12.9.